The van der Waals surface area contributed by atoms with Crippen molar-refractivity contribution in [3.63, 3.8) is 0 Å². The number of hydrogen-bond donors (Lipinski definition) is 0. The Hall–Kier alpha value is -2.13. The molecule has 0 spiro atoms. The second kappa shape index (κ2) is 7.83. The first-order chi connectivity index (χ1) is 12.0. The van der Waals surface area contributed by atoms with Gasteiger partial charge in [-0.1, -0.05) is 23.4 Å². The predicted octanol–water partition coefficient (Wildman–Crippen LogP) is 3.93. The summed E-state index contributed by atoms with van der Waals surface area (Å²) in [5.74, 6) is 1.83. The molecule has 132 valence electrons. The molecular weight excluding hydrogens is 372 g/mol. The van der Waals surface area contributed by atoms with Crippen LogP contribution in [0.15, 0.2) is 41.8 Å². The Labute approximate surface area is 151 Å². The predicted molar refractivity (Wildman–Crippen MR) is 89.8 cm³/mol. The van der Waals surface area contributed by atoms with Crippen LogP contribution in [0.2, 0.25) is 5.02 Å². The lowest BCUT2D eigenvalue weighted by Gasteiger charge is -2.07. The van der Waals surface area contributed by atoms with E-state index >= 15 is 0 Å². The summed E-state index contributed by atoms with van der Waals surface area (Å²) in [7, 11) is 1.79. The van der Waals surface area contributed by atoms with Gasteiger partial charge in [0.05, 0.1) is 5.75 Å². The van der Waals surface area contributed by atoms with Gasteiger partial charge in [0.15, 0.2) is 11.0 Å². The molecule has 3 rings (SSSR count). The second-order valence-corrected chi connectivity index (χ2v) is 6.40. The molecule has 0 N–H and O–H groups in total. The Morgan fingerprint density at radius 2 is 1.96 bits per heavy atom. The monoisotopic (exact) mass is 385 g/mol. The van der Waals surface area contributed by atoms with Crippen molar-refractivity contribution in [3.8, 4) is 5.75 Å². The van der Waals surface area contributed by atoms with Gasteiger partial charge in [0.1, 0.15) is 18.2 Å². The van der Waals surface area contributed by atoms with Crippen LogP contribution < -0.4 is 4.74 Å². The molecule has 6 nitrogen and oxygen atoms in total. The van der Waals surface area contributed by atoms with E-state index in [2.05, 4.69) is 15.2 Å². The zero-order valence-electron chi connectivity index (χ0n) is 13.1. The standard InChI is InChI=1S/C15H14ClF2N5OS/c1-22-12(8-24-11-4-2-10(16)3-5-11)20-21-15(22)25-9-13-19-6-7-23(13)14(17)18/h2-7,14H,8-9H2,1H3. The summed E-state index contributed by atoms with van der Waals surface area (Å²) in [6.07, 6.45) is 2.60. The van der Waals surface area contributed by atoms with Gasteiger partial charge in [-0.2, -0.15) is 8.78 Å². The zero-order chi connectivity index (χ0) is 17.8. The van der Waals surface area contributed by atoms with Crippen LogP contribution in [0.1, 0.15) is 18.2 Å². The van der Waals surface area contributed by atoms with Gasteiger partial charge in [-0.15, -0.1) is 10.2 Å². The summed E-state index contributed by atoms with van der Waals surface area (Å²) in [5.41, 5.74) is 0. The maximum absolute atomic E-state index is 12.8. The first kappa shape index (κ1) is 17.7. The van der Waals surface area contributed by atoms with E-state index in [0.717, 1.165) is 4.57 Å². The molecular formula is C15H14ClF2N5OS. The minimum absolute atomic E-state index is 0.233. The van der Waals surface area contributed by atoms with E-state index in [4.69, 9.17) is 16.3 Å². The molecule has 0 bridgehead atoms. The quantitative estimate of drug-likeness (QED) is 0.577. The largest absolute Gasteiger partial charge is 0.486 e. The molecule has 2 heterocycles. The van der Waals surface area contributed by atoms with Crippen LogP contribution in [-0.2, 0) is 19.4 Å². The lowest BCUT2D eigenvalue weighted by Crippen LogP contribution is -2.05. The number of alkyl halides is 2. The number of halogens is 3. The van der Waals surface area contributed by atoms with Gasteiger partial charge < -0.3 is 9.30 Å². The van der Waals surface area contributed by atoms with E-state index in [0.29, 0.717) is 21.8 Å². The van der Waals surface area contributed by atoms with Crippen LogP contribution in [0.25, 0.3) is 0 Å². The number of thioether (sulfide) groups is 1. The fourth-order valence-corrected chi connectivity index (χ4v) is 3.04. The van der Waals surface area contributed by atoms with Crippen LogP contribution in [0.5, 0.6) is 5.75 Å². The molecule has 3 aromatic rings. The molecule has 0 amide bonds. The molecule has 25 heavy (non-hydrogen) atoms. The normalized spacial score (nSPS) is 11.2. The maximum Gasteiger partial charge on any atom is 0.319 e. The molecule has 0 aliphatic rings. The van der Waals surface area contributed by atoms with Crippen molar-refractivity contribution in [2.24, 2.45) is 7.05 Å². The Morgan fingerprint density at radius 3 is 2.68 bits per heavy atom. The Bertz CT molecular complexity index is 837. The van der Waals surface area contributed by atoms with E-state index < -0.39 is 6.55 Å². The van der Waals surface area contributed by atoms with Gasteiger partial charge >= 0.3 is 6.55 Å². The summed E-state index contributed by atoms with van der Waals surface area (Å²) in [5, 5.41) is 9.37. The van der Waals surface area contributed by atoms with Gasteiger partial charge in [-0.3, -0.25) is 4.57 Å². The van der Waals surface area contributed by atoms with Crippen LogP contribution in [0.3, 0.4) is 0 Å². The first-order valence-electron chi connectivity index (χ1n) is 7.24. The minimum atomic E-state index is -2.61. The fourth-order valence-electron chi connectivity index (χ4n) is 2.04. The van der Waals surface area contributed by atoms with E-state index in [1.54, 1.807) is 35.9 Å². The number of imidazole rings is 1. The van der Waals surface area contributed by atoms with Crippen LogP contribution >= 0.6 is 23.4 Å². The lowest BCUT2D eigenvalue weighted by atomic mass is 10.3. The van der Waals surface area contributed by atoms with E-state index in [1.807, 2.05) is 0 Å². The Balaban J connectivity index is 1.61. The number of hydrogen-bond acceptors (Lipinski definition) is 5. The zero-order valence-corrected chi connectivity index (χ0v) is 14.7. The highest BCUT2D eigenvalue weighted by Crippen LogP contribution is 2.23. The summed E-state index contributed by atoms with van der Waals surface area (Å²) >= 11 is 7.11. The Kier molecular flexibility index (Phi) is 5.54. The molecule has 0 aliphatic carbocycles. The average Bonchev–Trinajstić information content (AvgIpc) is 3.19. The topological polar surface area (TPSA) is 57.8 Å². The molecule has 0 saturated carbocycles. The molecule has 2 aromatic heterocycles. The molecule has 0 aliphatic heterocycles. The Morgan fingerprint density at radius 1 is 1.20 bits per heavy atom. The minimum Gasteiger partial charge on any atom is -0.486 e. The van der Waals surface area contributed by atoms with Crippen LogP contribution in [0.4, 0.5) is 8.78 Å². The summed E-state index contributed by atoms with van der Waals surface area (Å²) in [6.45, 7) is -2.38. The van der Waals surface area contributed by atoms with E-state index in [9.17, 15) is 8.78 Å². The molecule has 10 heteroatoms. The van der Waals surface area contributed by atoms with Crippen LogP contribution in [-0.4, -0.2) is 24.3 Å². The summed E-state index contributed by atoms with van der Waals surface area (Å²) < 4.78 is 33.8. The van der Waals surface area contributed by atoms with Crippen molar-refractivity contribution in [1.82, 2.24) is 24.3 Å². The van der Waals surface area contributed by atoms with Crippen molar-refractivity contribution in [2.75, 3.05) is 0 Å². The van der Waals surface area contributed by atoms with Crippen molar-refractivity contribution >= 4 is 23.4 Å². The average molecular weight is 386 g/mol. The molecule has 0 fully saturated rings. The molecule has 0 saturated heterocycles. The van der Waals surface area contributed by atoms with Crippen molar-refractivity contribution in [3.05, 3.63) is 53.3 Å². The van der Waals surface area contributed by atoms with Crippen molar-refractivity contribution in [1.29, 1.82) is 0 Å². The molecule has 0 unspecified atom stereocenters. The molecule has 0 radical (unpaired) electrons. The smallest absolute Gasteiger partial charge is 0.319 e. The fraction of sp³-hybridized carbons (Fsp3) is 0.267. The lowest BCUT2D eigenvalue weighted by molar-refractivity contribution is 0.0678. The van der Waals surface area contributed by atoms with Gasteiger partial charge in [0.25, 0.3) is 0 Å². The van der Waals surface area contributed by atoms with Gasteiger partial charge in [-0.25, -0.2) is 4.98 Å². The van der Waals surface area contributed by atoms with E-state index in [1.165, 1.54) is 24.2 Å². The number of rotatable bonds is 7. The van der Waals surface area contributed by atoms with E-state index in [-0.39, 0.29) is 18.2 Å². The van der Waals surface area contributed by atoms with Crippen molar-refractivity contribution in [2.45, 2.75) is 24.1 Å². The summed E-state index contributed by atoms with van der Waals surface area (Å²) in [6, 6.07) is 7.00. The molecule has 1 aromatic carbocycles. The highest BCUT2D eigenvalue weighted by molar-refractivity contribution is 7.98. The van der Waals surface area contributed by atoms with Crippen LogP contribution in [0, 0.1) is 0 Å². The third-order valence-corrected chi connectivity index (χ3v) is 4.66. The number of ether oxygens (including phenoxy) is 1. The highest BCUT2D eigenvalue weighted by Gasteiger charge is 2.14. The van der Waals surface area contributed by atoms with Gasteiger partial charge in [0.2, 0.25) is 0 Å². The number of aromatic nitrogens is 5. The number of nitrogens with zero attached hydrogens (tertiary/aromatic N) is 5. The molecule has 0 atom stereocenters. The van der Waals surface area contributed by atoms with Crippen molar-refractivity contribution < 1.29 is 13.5 Å². The maximum atomic E-state index is 12.8. The van der Waals surface area contributed by atoms with Gasteiger partial charge in [0, 0.05) is 24.5 Å². The third-order valence-electron chi connectivity index (χ3n) is 3.40. The highest BCUT2D eigenvalue weighted by atomic mass is 35.5. The second-order valence-electron chi connectivity index (χ2n) is 5.02. The first-order valence-corrected chi connectivity index (χ1v) is 8.60. The van der Waals surface area contributed by atoms with Gasteiger partial charge in [-0.05, 0) is 24.3 Å². The SMILES string of the molecule is Cn1c(COc2ccc(Cl)cc2)nnc1SCc1nccn1C(F)F. The summed E-state index contributed by atoms with van der Waals surface area (Å²) in [4.78, 5) is 3.94. The number of benzene rings is 1. The third kappa shape index (κ3) is 4.29.